The van der Waals surface area contributed by atoms with Crippen LogP contribution in [-0.2, 0) is 19.3 Å². The summed E-state index contributed by atoms with van der Waals surface area (Å²) >= 11 is 0. The van der Waals surface area contributed by atoms with E-state index in [-0.39, 0.29) is 0 Å². The smallest absolute Gasteiger partial charge is 0.0705 e. The van der Waals surface area contributed by atoms with Crippen LogP contribution in [0.25, 0.3) is 11.3 Å². The molecule has 1 aromatic carbocycles. The molecule has 0 bridgehead atoms. The standard InChI is InChI=1S/C29H43N/c1-3-5-7-8-9-10-12-13-24-15-18-26(19-16-24)28-22-20-27-23-25(14-11-6-4-2)17-21-29(27)30-28/h15-16,18-20,22,25H,3-14,17,21,23H2,1-2H3/t25-/m1/s1. The molecule has 0 radical (unpaired) electrons. The lowest BCUT2D eigenvalue weighted by molar-refractivity contribution is 0.404. The highest BCUT2D eigenvalue weighted by atomic mass is 14.7. The molecular weight excluding hydrogens is 362 g/mol. The van der Waals surface area contributed by atoms with E-state index in [1.807, 2.05) is 0 Å². The number of hydrogen-bond acceptors (Lipinski definition) is 1. The van der Waals surface area contributed by atoms with Gasteiger partial charge < -0.3 is 0 Å². The fraction of sp³-hybridized carbons (Fsp3) is 0.621. The molecule has 2 aromatic rings. The topological polar surface area (TPSA) is 12.9 Å². The van der Waals surface area contributed by atoms with Crippen LogP contribution in [0.15, 0.2) is 36.4 Å². The third-order valence-electron chi connectivity index (χ3n) is 6.90. The van der Waals surface area contributed by atoms with E-state index < -0.39 is 0 Å². The van der Waals surface area contributed by atoms with Gasteiger partial charge in [0.15, 0.2) is 0 Å². The fourth-order valence-corrected chi connectivity index (χ4v) is 4.91. The van der Waals surface area contributed by atoms with Gasteiger partial charge in [0, 0.05) is 11.3 Å². The van der Waals surface area contributed by atoms with Gasteiger partial charge in [-0.1, -0.05) is 108 Å². The maximum absolute atomic E-state index is 5.06. The Balaban J connectivity index is 1.47. The average molecular weight is 406 g/mol. The lowest BCUT2D eigenvalue weighted by atomic mass is 9.83. The first-order chi connectivity index (χ1) is 14.8. The van der Waals surface area contributed by atoms with Gasteiger partial charge in [-0.05, 0) is 55.2 Å². The van der Waals surface area contributed by atoms with Crippen molar-refractivity contribution in [1.29, 1.82) is 0 Å². The summed E-state index contributed by atoms with van der Waals surface area (Å²) in [5.41, 5.74) is 6.75. The molecule has 0 saturated heterocycles. The van der Waals surface area contributed by atoms with Gasteiger partial charge in [0.1, 0.15) is 0 Å². The molecule has 1 nitrogen and oxygen atoms in total. The summed E-state index contributed by atoms with van der Waals surface area (Å²) in [5.74, 6) is 0.877. The lowest BCUT2D eigenvalue weighted by Gasteiger charge is -2.24. The molecule has 1 aliphatic carbocycles. The van der Waals surface area contributed by atoms with E-state index in [1.165, 1.54) is 112 Å². The molecule has 0 spiro atoms. The number of pyridine rings is 1. The average Bonchev–Trinajstić information content (AvgIpc) is 2.79. The molecule has 3 rings (SSSR count). The predicted octanol–water partition coefficient (Wildman–Crippen LogP) is 8.73. The molecule has 0 fully saturated rings. The third-order valence-corrected chi connectivity index (χ3v) is 6.90. The molecule has 0 aliphatic heterocycles. The third kappa shape index (κ3) is 7.25. The number of nitrogens with zero attached hydrogens (tertiary/aromatic N) is 1. The van der Waals surface area contributed by atoms with Crippen LogP contribution in [-0.4, -0.2) is 4.98 Å². The van der Waals surface area contributed by atoms with Gasteiger partial charge in [0.05, 0.1) is 5.69 Å². The zero-order valence-electron chi connectivity index (χ0n) is 19.6. The summed E-state index contributed by atoms with van der Waals surface area (Å²) in [4.78, 5) is 5.06. The summed E-state index contributed by atoms with van der Waals surface area (Å²) < 4.78 is 0. The molecule has 1 heterocycles. The zero-order valence-corrected chi connectivity index (χ0v) is 19.6. The van der Waals surface area contributed by atoms with Crippen LogP contribution in [0.3, 0.4) is 0 Å². The van der Waals surface area contributed by atoms with Crippen molar-refractivity contribution in [3.8, 4) is 11.3 Å². The van der Waals surface area contributed by atoms with E-state index in [2.05, 4.69) is 50.2 Å². The van der Waals surface area contributed by atoms with Gasteiger partial charge in [-0.2, -0.15) is 0 Å². The molecule has 164 valence electrons. The Morgan fingerprint density at radius 2 is 1.47 bits per heavy atom. The highest BCUT2D eigenvalue weighted by Gasteiger charge is 2.19. The molecule has 1 atom stereocenters. The second-order valence-electron chi connectivity index (χ2n) is 9.48. The number of benzene rings is 1. The highest BCUT2D eigenvalue weighted by molar-refractivity contribution is 5.60. The first-order valence-electron chi connectivity index (χ1n) is 12.9. The fourth-order valence-electron chi connectivity index (χ4n) is 4.91. The number of aromatic nitrogens is 1. The second kappa shape index (κ2) is 12.9. The minimum absolute atomic E-state index is 0.877. The monoisotopic (exact) mass is 405 g/mol. The Morgan fingerprint density at radius 1 is 0.767 bits per heavy atom. The van der Waals surface area contributed by atoms with Crippen molar-refractivity contribution >= 4 is 0 Å². The lowest BCUT2D eigenvalue weighted by Crippen LogP contribution is -2.15. The predicted molar refractivity (Wildman–Crippen MR) is 131 cm³/mol. The molecule has 1 aromatic heterocycles. The number of rotatable bonds is 13. The van der Waals surface area contributed by atoms with Crippen LogP contribution >= 0.6 is 0 Å². The van der Waals surface area contributed by atoms with E-state index in [9.17, 15) is 0 Å². The Kier molecular flexibility index (Phi) is 9.93. The van der Waals surface area contributed by atoms with Gasteiger partial charge in [-0.3, -0.25) is 4.98 Å². The van der Waals surface area contributed by atoms with Gasteiger partial charge in [0.25, 0.3) is 0 Å². The van der Waals surface area contributed by atoms with Crippen LogP contribution in [0.2, 0.25) is 0 Å². The summed E-state index contributed by atoms with van der Waals surface area (Å²) in [6, 6.07) is 13.8. The molecular formula is C29H43N. The van der Waals surface area contributed by atoms with Gasteiger partial charge in [-0.15, -0.1) is 0 Å². The molecule has 0 N–H and O–H groups in total. The van der Waals surface area contributed by atoms with E-state index in [4.69, 9.17) is 4.98 Å². The van der Waals surface area contributed by atoms with E-state index in [0.29, 0.717) is 0 Å². The van der Waals surface area contributed by atoms with Crippen molar-refractivity contribution in [2.24, 2.45) is 5.92 Å². The van der Waals surface area contributed by atoms with E-state index in [0.717, 1.165) is 18.0 Å². The molecule has 0 unspecified atom stereocenters. The van der Waals surface area contributed by atoms with Crippen molar-refractivity contribution in [2.75, 3.05) is 0 Å². The number of unbranched alkanes of at least 4 members (excludes halogenated alkanes) is 8. The Morgan fingerprint density at radius 3 is 2.23 bits per heavy atom. The van der Waals surface area contributed by atoms with Crippen molar-refractivity contribution < 1.29 is 0 Å². The van der Waals surface area contributed by atoms with Crippen LogP contribution in [0.1, 0.15) is 108 Å². The van der Waals surface area contributed by atoms with Crippen molar-refractivity contribution in [1.82, 2.24) is 4.98 Å². The van der Waals surface area contributed by atoms with Crippen LogP contribution in [0, 0.1) is 5.92 Å². The maximum Gasteiger partial charge on any atom is 0.0705 e. The molecule has 30 heavy (non-hydrogen) atoms. The van der Waals surface area contributed by atoms with Crippen LogP contribution < -0.4 is 0 Å². The normalized spacial score (nSPS) is 15.9. The highest BCUT2D eigenvalue weighted by Crippen LogP contribution is 2.30. The first-order valence-corrected chi connectivity index (χ1v) is 12.9. The Hall–Kier alpha value is -1.63. The summed E-state index contributed by atoms with van der Waals surface area (Å²) in [7, 11) is 0. The van der Waals surface area contributed by atoms with Crippen molar-refractivity contribution in [3.63, 3.8) is 0 Å². The first kappa shape index (κ1) is 23.0. The SMILES string of the molecule is CCCCCCCCCc1ccc(-c2ccc3c(n2)CC[C@@H](CCCCC)C3)cc1. The minimum Gasteiger partial charge on any atom is -0.253 e. The second-order valence-corrected chi connectivity index (χ2v) is 9.48. The van der Waals surface area contributed by atoms with E-state index >= 15 is 0 Å². The number of aryl methyl sites for hydroxylation is 2. The van der Waals surface area contributed by atoms with Crippen LogP contribution in [0.5, 0.6) is 0 Å². The van der Waals surface area contributed by atoms with Gasteiger partial charge in [0.2, 0.25) is 0 Å². The Bertz CT molecular complexity index is 731. The van der Waals surface area contributed by atoms with E-state index in [1.54, 1.807) is 0 Å². The Labute approximate surface area is 185 Å². The molecule has 0 saturated carbocycles. The summed E-state index contributed by atoms with van der Waals surface area (Å²) in [5, 5.41) is 0. The summed E-state index contributed by atoms with van der Waals surface area (Å²) in [6.07, 6.45) is 20.1. The molecule has 1 aliphatic rings. The minimum atomic E-state index is 0.877. The van der Waals surface area contributed by atoms with Gasteiger partial charge >= 0.3 is 0 Å². The maximum atomic E-state index is 5.06. The zero-order chi connectivity index (χ0) is 21.0. The largest absolute Gasteiger partial charge is 0.253 e. The van der Waals surface area contributed by atoms with Crippen molar-refractivity contribution in [3.05, 3.63) is 53.2 Å². The van der Waals surface area contributed by atoms with Crippen molar-refractivity contribution in [2.45, 2.75) is 110 Å². The number of hydrogen-bond donors (Lipinski definition) is 0. The number of fused-ring (bicyclic) bond motifs is 1. The quantitative estimate of drug-likeness (QED) is 0.304. The van der Waals surface area contributed by atoms with Gasteiger partial charge in [-0.25, -0.2) is 0 Å². The summed E-state index contributed by atoms with van der Waals surface area (Å²) in [6.45, 7) is 4.58. The molecule has 1 heteroatoms. The van der Waals surface area contributed by atoms with Crippen LogP contribution in [0.4, 0.5) is 0 Å². The molecule has 0 amide bonds.